The van der Waals surface area contributed by atoms with Crippen molar-refractivity contribution in [3.8, 4) is 0 Å². The van der Waals surface area contributed by atoms with Crippen molar-refractivity contribution in [2.24, 2.45) is 0 Å². The summed E-state index contributed by atoms with van der Waals surface area (Å²) in [6.45, 7) is 2.62. The molecule has 2 rings (SSSR count). The first-order valence-electron chi connectivity index (χ1n) is 7.51. The van der Waals surface area contributed by atoms with Gasteiger partial charge in [-0.1, -0.05) is 19.3 Å². The minimum absolute atomic E-state index is 0.102. The molecule has 1 unspecified atom stereocenters. The van der Waals surface area contributed by atoms with Crippen molar-refractivity contribution in [1.82, 2.24) is 9.80 Å². The van der Waals surface area contributed by atoms with Crippen LogP contribution in [-0.2, 0) is 9.59 Å². The van der Waals surface area contributed by atoms with E-state index < -0.39 is 12.0 Å². The third kappa shape index (κ3) is 4.38. The molecular formula is C14H24N2O3S. The Bertz CT molecular complexity index is 343. The fraction of sp³-hybridized carbons (Fsp3) is 0.857. The van der Waals surface area contributed by atoms with Gasteiger partial charge >= 0.3 is 5.97 Å². The minimum atomic E-state index is -0.808. The first-order chi connectivity index (χ1) is 9.68. The number of hydrogen-bond acceptors (Lipinski definition) is 4. The van der Waals surface area contributed by atoms with E-state index in [1.165, 1.54) is 19.3 Å². The van der Waals surface area contributed by atoms with E-state index in [2.05, 4.69) is 0 Å². The molecule has 0 aliphatic carbocycles. The number of carbonyl (C=O) groups excluding carboxylic acids is 1. The summed E-state index contributed by atoms with van der Waals surface area (Å²) in [7, 11) is 0. The van der Waals surface area contributed by atoms with Gasteiger partial charge in [0.25, 0.3) is 0 Å². The Morgan fingerprint density at radius 2 is 1.70 bits per heavy atom. The van der Waals surface area contributed by atoms with Crippen molar-refractivity contribution in [2.75, 3.05) is 37.7 Å². The molecule has 0 aromatic carbocycles. The van der Waals surface area contributed by atoms with E-state index in [0.717, 1.165) is 31.7 Å². The van der Waals surface area contributed by atoms with Crippen molar-refractivity contribution >= 4 is 23.6 Å². The van der Waals surface area contributed by atoms with Gasteiger partial charge in [-0.3, -0.25) is 14.5 Å². The fourth-order valence-electron chi connectivity index (χ4n) is 2.83. The lowest BCUT2D eigenvalue weighted by Crippen LogP contribution is -2.52. The van der Waals surface area contributed by atoms with Crippen LogP contribution in [0.3, 0.4) is 0 Å². The Morgan fingerprint density at radius 3 is 2.35 bits per heavy atom. The van der Waals surface area contributed by atoms with Gasteiger partial charge in [0, 0.05) is 31.1 Å². The molecule has 2 aliphatic rings. The lowest BCUT2D eigenvalue weighted by atomic mass is 10.1. The number of aliphatic carboxylic acids is 1. The highest BCUT2D eigenvalue weighted by atomic mass is 32.2. The zero-order valence-corrected chi connectivity index (χ0v) is 12.7. The standard InChI is InChI=1S/C14H24N2O3S/c17-13(15-6-4-2-1-3-5-7-15)10-16-8-9-20-11-12(16)14(18)19/h12H,1-11H2,(H,18,19). The van der Waals surface area contributed by atoms with Gasteiger partial charge in [0.05, 0.1) is 6.54 Å². The Labute approximate surface area is 124 Å². The third-order valence-electron chi connectivity index (χ3n) is 4.07. The summed E-state index contributed by atoms with van der Waals surface area (Å²) in [5.41, 5.74) is 0. The molecule has 0 bridgehead atoms. The van der Waals surface area contributed by atoms with Crippen LogP contribution in [0.4, 0.5) is 0 Å². The molecule has 0 radical (unpaired) electrons. The number of likely N-dealkylation sites (tertiary alicyclic amines) is 1. The first-order valence-corrected chi connectivity index (χ1v) is 8.66. The molecule has 0 aromatic heterocycles. The van der Waals surface area contributed by atoms with Gasteiger partial charge in [-0.05, 0) is 12.8 Å². The lowest BCUT2D eigenvalue weighted by Gasteiger charge is -2.34. The van der Waals surface area contributed by atoms with Gasteiger partial charge in [0.15, 0.2) is 0 Å². The largest absolute Gasteiger partial charge is 0.480 e. The Morgan fingerprint density at radius 1 is 1.05 bits per heavy atom. The van der Waals surface area contributed by atoms with Gasteiger partial charge < -0.3 is 10.0 Å². The molecule has 5 nitrogen and oxygen atoms in total. The molecule has 6 heteroatoms. The lowest BCUT2D eigenvalue weighted by molar-refractivity contribution is -0.144. The van der Waals surface area contributed by atoms with Crippen LogP contribution in [0.1, 0.15) is 32.1 Å². The van der Waals surface area contributed by atoms with E-state index in [-0.39, 0.29) is 12.5 Å². The van der Waals surface area contributed by atoms with E-state index in [1.807, 2.05) is 9.80 Å². The smallest absolute Gasteiger partial charge is 0.321 e. The van der Waals surface area contributed by atoms with Crippen molar-refractivity contribution in [3.05, 3.63) is 0 Å². The van der Waals surface area contributed by atoms with Crippen molar-refractivity contribution in [2.45, 2.75) is 38.1 Å². The SMILES string of the molecule is O=C(O)C1CSCCN1CC(=O)N1CCCCCCC1. The van der Waals surface area contributed by atoms with Crippen molar-refractivity contribution in [1.29, 1.82) is 0 Å². The van der Waals surface area contributed by atoms with Crippen molar-refractivity contribution < 1.29 is 14.7 Å². The first kappa shape index (κ1) is 15.6. The number of amides is 1. The molecule has 1 atom stereocenters. The average molecular weight is 300 g/mol. The number of nitrogens with zero attached hydrogens (tertiary/aromatic N) is 2. The summed E-state index contributed by atoms with van der Waals surface area (Å²) in [5, 5.41) is 9.23. The molecule has 1 amide bonds. The van der Waals surface area contributed by atoms with Crippen LogP contribution in [0.15, 0.2) is 0 Å². The summed E-state index contributed by atoms with van der Waals surface area (Å²) in [4.78, 5) is 27.4. The highest BCUT2D eigenvalue weighted by molar-refractivity contribution is 7.99. The molecule has 0 spiro atoms. The average Bonchev–Trinajstić information content (AvgIpc) is 2.38. The van der Waals surface area contributed by atoms with E-state index >= 15 is 0 Å². The quantitative estimate of drug-likeness (QED) is 0.851. The highest BCUT2D eigenvalue weighted by Crippen LogP contribution is 2.17. The zero-order valence-electron chi connectivity index (χ0n) is 11.9. The third-order valence-corrected chi connectivity index (χ3v) is 5.09. The summed E-state index contributed by atoms with van der Waals surface area (Å²) in [5.74, 6) is 0.794. The predicted octanol–water partition coefficient (Wildman–Crippen LogP) is 1.28. The monoisotopic (exact) mass is 300 g/mol. The normalized spacial score (nSPS) is 25.8. The number of carbonyl (C=O) groups is 2. The van der Waals surface area contributed by atoms with Crippen LogP contribution < -0.4 is 0 Å². The maximum Gasteiger partial charge on any atom is 0.321 e. The Kier molecular flexibility index (Phi) is 6.16. The number of carboxylic acids is 1. The molecule has 1 N–H and O–H groups in total. The van der Waals surface area contributed by atoms with Gasteiger partial charge in [-0.25, -0.2) is 0 Å². The minimum Gasteiger partial charge on any atom is -0.480 e. The fourth-order valence-corrected chi connectivity index (χ4v) is 3.93. The van der Waals surface area contributed by atoms with Crippen LogP contribution in [0.2, 0.25) is 0 Å². The second-order valence-electron chi connectivity index (χ2n) is 5.55. The van der Waals surface area contributed by atoms with Crippen LogP contribution in [-0.4, -0.2) is 70.5 Å². The highest BCUT2D eigenvalue weighted by Gasteiger charge is 2.31. The topological polar surface area (TPSA) is 60.9 Å². The second kappa shape index (κ2) is 7.88. The molecule has 0 aromatic rings. The Balaban J connectivity index is 1.89. The second-order valence-corrected chi connectivity index (χ2v) is 6.70. The van der Waals surface area contributed by atoms with Crippen LogP contribution >= 0.6 is 11.8 Å². The molecule has 0 saturated carbocycles. The summed E-state index contributed by atoms with van der Waals surface area (Å²) in [6.07, 6.45) is 5.81. The summed E-state index contributed by atoms with van der Waals surface area (Å²) in [6, 6.07) is -0.507. The predicted molar refractivity (Wildman–Crippen MR) is 80.0 cm³/mol. The van der Waals surface area contributed by atoms with E-state index in [0.29, 0.717) is 12.3 Å². The van der Waals surface area contributed by atoms with Gasteiger partial charge in [-0.15, -0.1) is 0 Å². The van der Waals surface area contributed by atoms with E-state index in [4.69, 9.17) is 0 Å². The molecule has 2 fully saturated rings. The summed E-state index contributed by atoms with van der Waals surface area (Å²) < 4.78 is 0. The zero-order chi connectivity index (χ0) is 14.4. The van der Waals surface area contributed by atoms with Crippen molar-refractivity contribution in [3.63, 3.8) is 0 Å². The molecule has 2 aliphatic heterocycles. The van der Waals surface area contributed by atoms with E-state index in [9.17, 15) is 14.7 Å². The van der Waals surface area contributed by atoms with Gasteiger partial charge in [0.1, 0.15) is 6.04 Å². The van der Waals surface area contributed by atoms with Gasteiger partial charge in [0.2, 0.25) is 5.91 Å². The van der Waals surface area contributed by atoms with Crippen LogP contribution in [0.5, 0.6) is 0 Å². The maximum atomic E-state index is 12.4. The number of hydrogen-bond donors (Lipinski definition) is 1. The molecule has 2 saturated heterocycles. The Hall–Kier alpha value is -0.750. The summed E-state index contributed by atoms with van der Waals surface area (Å²) >= 11 is 1.66. The number of rotatable bonds is 3. The molecular weight excluding hydrogens is 276 g/mol. The van der Waals surface area contributed by atoms with Crippen LogP contribution in [0, 0.1) is 0 Å². The molecule has 114 valence electrons. The molecule has 20 heavy (non-hydrogen) atoms. The van der Waals surface area contributed by atoms with E-state index in [1.54, 1.807) is 11.8 Å². The van der Waals surface area contributed by atoms with Gasteiger partial charge in [-0.2, -0.15) is 11.8 Å². The number of carboxylic acid groups (broad SMARTS) is 1. The van der Waals surface area contributed by atoms with Crippen LogP contribution in [0.25, 0.3) is 0 Å². The molecule has 2 heterocycles. The maximum absolute atomic E-state index is 12.4. The number of thioether (sulfide) groups is 1.